The molecule has 0 radical (unpaired) electrons. The molecule has 0 amide bonds. The molecule has 0 aliphatic carbocycles. The van der Waals surface area contributed by atoms with Gasteiger partial charge in [0.2, 0.25) is 0 Å². The first kappa shape index (κ1) is 10.8. The topological polar surface area (TPSA) is 38.0 Å². The third kappa shape index (κ3) is 2.25. The van der Waals surface area contributed by atoms with Gasteiger partial charge in [0.15, 0.2) is 0 Å². The van der Waals surface area contributed by atoms with Gasteiger partial charge in [0.05, 0.1) is 10.7 Å². The fourth-order valence-electron chi connectivity index (χ4n) is 1.38. The highest BCUT2D eigenvalue weighted by molar-refractivity contribution is 6.33. The van der Waals surface area contributed by atoms with Gasteiger partial charge in [-0.25, -0.2) is 4.39 Å². The summed E-state index contributed by atoms with van der Waals surface area (Å²) in [5, 5.41) is 3.23. The van der Waals surface area contributed by atoms with Gasteiger partial charge in [-0.2, -0.15) is 0 Å². The molecule has 0 atom stereocenters. The number of para-hydroxylation sites is 1. The molecule has 0 aromatic heterocycles. The fraction of sp³-hybridized carbons (Fsp3) is 0. The van der Waals surface area contributed by atoms with E-state index < -0.39 is 5.82 Å². The van der Waals surface area contributed by atoms with Crippen molar-refractivity contribution < 1.29 is 4.39 Å². The predicted octanol–water partition coefficient (Wildman–Crippen LogP) is 3.80. The Morgan fingerprint density at radius 3 is 2.56 bits per heavy atom. The summed E-state index contributed by atoms with van der Waals surface area (Å²) in [6, 6.07) is 11.6. The van der Waals surface area contributed by atoms with Crippen molar-refractivity contribution in [2.75, 3.05) is 11.1 Å². The van der Waals surface area contributed by atoms with Crippen LogP contribution in [0.1, 0.15) is 0 Å². The molecule has 16 heavy (non-hydrogen) atoms. The summed E-state index contributed by atoms with van der Waals surface area (Å²) in [5.41, 5.74) is 7.19. The van der Waals surface area contributed by atoms with Gasteiger partial charge in [-0.1, -0.05) is 23.7 Å². The number of nitrogens with two attached hydrogens (primary N) is 1. The minimum Gasteiger partial charge on any atom is -0.399 e. The van der Waals surface area contributed by atoms with Crippen molar-refractivity contribution in [3.05, 3.63) is 53.3 Å². The van der Waals surface area contributed by atoms with E-state index in [-0.39, 0.29) is 5.69 Å². The van der Waals surface area contributed by atoms with Crippen LogP contribution in [0.5, 0.6) is 0 Å². The van der Waals surface area contributed by atoms with Crippen LogP contribution in [0.4, 0.5) is 21.5 Å². The van der Waals surface area contributed by atoms with Gasteiger partial charge in [-0.3, -0.25) is 0 Å². The van der Waals surface area contributed by atoms with Crippen LogP contribution < -0.4 is 11.1 Å². The van der Waals surface area contributed by atoms with Crippen molar-refractivity contribution in [3.63, 3.8) is 0 Å². The Hall–Kier alpha value is -1.74. The van der Waals surface area contributed by atoms with E-state index >= 15 is 0 Å². The van der Waals surface area contributed by atoms with E-state index in [2.05, 4.69) is 5.32 Å². The molecular formula is C12H10ClFN2. The molecule has 4 heteroatoms. The largest absolute Gasteiger partial charge is 0.399 e. The van der Waals surface area contributed by atoms with Crippen molar-refractivity contribution in [1.29, 1.82) is 0 Å². The Labute approximate surface area is 97.8 Å². The van der Waals surface area contributed by atoms with Gasteiger partial charge in [-0.15, -0.1) is 0 Å². The number of benzene rings is 2. The summed E-state index contributed by atoms with van der Waals surface area (Å²) in [6.45, 7) is 0. The molecule has 0 saturated carbocycles. The van der Waals surface area contributed by atoms with Crippen LogP contribution in [0.3, 0.4) is 0 Å². The number of nitrogens with one attached hydrogen (secondary N) is 1. The van der Waals surface area contributed by atoms with Crippen LogP contribution in [0.15, 0.2) is 42.5 Å². The van der Waals surface area contributed by atoms with Gasteiger partial charge >= 0.3 is 0 Å². The summed E-state index contributed by atoms with van der Waals surface area (Å²) in [7, 11) is 0. The van der Waals surface area contributed by atoms with Gasteiger partial charge < -0.3 is 11.1 Å². The molecule has 0 heterocycles. The highest BCUT2D eigenvalue weighted by atomic mass is 35.5. The molecule has 2 nitrogen and oxygen atoms in total. The van der Waals surface area contributed by atoms with E-state index in [4.69, 9.17) is 17.3 Å². The summed E-state index contributed by atoms with van der Waals surface area (Å²) in [4.78, 5) is 0. The first-order valence-electron chi connectivity index (χ1n) is 4.73. The molecule has 0 spiro atoms. The number of hydrogen-bond acceptors (Lipinski definition) is 2. The number of hydrogen-bond donors (Lipinski definition) is 2. The first-order valence-corrected chi connectivity index (χ1v) is 5.11. The maximum absolute atomic E-state index is 13.5. The smallest absolute Gasteiger partial charge is 0.148 e. The second-order valence-electron chi connectivity index (χ2n) is 3.35. The Bertz CT molecular complexity index is 494. The fourth-order valence-corrected chi connectivity index (χ4v) is 1.59. The zero-order chi connectivity index (χ0) is 11.5. The Kier molecular flexibility index (Phi) is 2.97. The number of anilines is 3. The Morgan fingerprint density at radius 2 is 1.88 bits per heavy atom. The van der Waals surface area contributed by atoms with Crippen LogP contribution in [0, 0.1) is 5.82 Å². The van der Waals surface area contributed by atoms with Crippen molar-refractivity contribution in [2.24, 2.45) is 0 Å². The molecule has 2 aromatic rings. The third-order valence-electron chi connectivity index (χ3n) is 2.12. The van der Waals surface area contributed by atoms with Gasteiger partial charge in [0, 0.05) is 11.4 Å². The molecule has 3 N–H and O–H groups in total. The van der Waals surface area contributed by atoms with Crippen LogP contribution >= 0.6 is 11.6 Å². The second kappa shape index (κ2) is 4.41. The molecule has 0 saturated heterocycles. The third-order valence-corrected chi connectivity index (χ3v) is 2.43. The Morgan fingerprint density at radius 1 is 1.12 bits per heavy atom. The average Bonchev–Trinajstić information content (AvgIpc) is 2.24. The van der Waals surface area contributed by atoms with Gasteiger partial charge in [-0.05, 0) is 30.3 Å². The molecule has 2 rings (SSSR count). The molecule has 0 unspecified atom stereocenters. The summed E-state index contributed by atoms with van der Waals surface area (Å²) < 4.78 is 13.5. The second-order valence-corrected chi connectivity index (χ2v) is 3.75. The molecule has 82 valence electrons. The van der Waals surface area contributed by atoms with E-state index in [0.29, 0.717) is 16.4 Å². The average molecular weight is 237 g/mol. The van der Waals surface area contributed by atoms with Gasteiger partial charge in [0.25, 0.3) is 0 Å². The van der Waals surface area contributed by atoms with Crippen molar-refractivity contribution in [3.8, 4) is 0 Å². The quantitative estimate of drug-likeness (QED) is 0.779. The normalized spacial score (nSPS) is 10.1. The highest BCUT2D eigenvalue weighted by Crippen LogP contribution is 2.28. The van der Waals surface area contributed by atoms with E-state index in [1.807, 2.05) is 0 Å². The van der Waals surface area contributed by atoms with Crippen LogP contribution in [-0.4, -0.2) is 0 Å². The minimum absolute atomic E-state index is 0.259. The first-order chi connectivity index (χ1) is 7.66. The van der Waals surface area contributed by atoms with Crippen molar-refractivity contribution in [2.45, 2.75) is 0 Å². The van der Waals surface area contributed by atoms with Crippen molar-refractivity contribution >= 4 is 28.7 Å². The lowest BCUT2D eigenvalue weighted by Gasteiger charge is -2.09. The van der Waals surface area contributed by atoms with Crippen LogP contribution in [0.25, 0.3) is 0 Å². The Balaban J connectivity index is 2.34. The molecule has 2 aromatic carbocycles. The zero-order valence-corrected chi connectivity index (χ0v) is 9.13. The van der Waals surface area contributed by atoms with E-state index in [9.17, 15) is 4.39 Å². The lowest BCUT2D eigenvalue weighted by Crippen LogP contribution is -1.95. The van der Waals surface area contributed by atoms with E-state index in [0.717, 1.165) is 0 Å². The van der Waals surface area contributed by atoms with Crippen molar-refractivity contribution in [1.82, 2.24) is 0 Å². The van der Waals surface area contributed by atoms with Crippen LogP contribution in [0.2, 0.25) is 5.02 Å². The zero-order valence-electron chi connectivity index (χ0n) is 8.37. The maximum atomic E-state index is 13.5. The minimum atomic E-state index is -0.394. The molecule has 0 aliphatic heterocycles. The molecule has 0 fully saturated rings. The van der Waals surface area contributed by atoms with E-state index in [1.54, 1.807) is 36.4 Å². The number of halogens is 2. The summed E-state index contributed by atoms with van der Waals surface area (Å²) in [5.74, 6) is -0.394. The molecule has 0 bridgehead atoms. The SMILES string of the molecule is Nc1cccc(Nc2c(F)cccc2Cl)c1. The summed E-state index contributed by atoms with van der Waals surface area (Å²) in [6.07, 6.45) is 0. The standard InChI is InChI=1S/C12H10ClFN2/c13-10-5-2-6-11(14)12(10)16-9-4-1-3-8(15)7-9/h1-7,16H,15H2. The number of rotatable bonds is 2. The lowest BCUT2D eigenvalue weighted by molar-refractivity contribution is 0.632. The lowest BCUT2D eigenvalue weighted by atomic mass is 10.2. The van der Waals surface area contributed by atoms with Gasteiger partial charge in [0.1, 0.15) is 5.82 Å². The predicted molar refractivity (Wildman–Crippen MR) is 65.5 cm³/mol. The van der Waals surface area contributed by atoms with Crippen LogP contribution in [-0.2, 0) is 0 Å². The maximum Gasteiger partial charge on any atom is 0.148 e. The summed E-state index contributed by atoms with van der Waals surface area (Å²) >= 11 is 5.89. The van der Waals surface area contributed by atoms with E-state index in [1.165, 1.54) is 6.07 Å². The molecule has 0 aliphatic rings. The number of nitrogen functional groups attached to an aromatic ring is 1. The highest BCUT2D eigenvalue weighted by Gasteiger charge is 2.06. The molecular weight excluding hydrogens is 227 g/mol. The monoisotopic (exact) mass is 236 g/mol.